The summed E-state index contributed by atoms with van der Waals surface area (Å²) >= 11 is 0. The summed E-state index contributed by atoms with van der Waals surface area (Å²) in [5.74, 6) is 0.853. The van der Waals surface area contributed by atoms with Crippen LogP contribution in [-0.4, -0.2) is 84.1 Å². The van der Waals surface area contributed by atoms with Gasteiger partial charge in [-0.1, -0.05) is 19.6 Å². The molecule has 6 rings (SSSR count). The summed E-state index contributed by atoms with van der Waals surface area (Å²) in [6.45, 7) is 8.90. The Hall–Kier alpha value is -3.19. The van der Waals surface area contributed by atoms with Crippen LogP contribution in [-0.2, 0) is 22.5 Å². The van der Waals surface area contributed by atoms with E-state index in [1.54, 1.807) is 0 Å². The molecule has 37 heavy (non-hydrogen) atoms. The average Bonchev–Trinajstić information content (AvgIpc) is 3.30. The number of primary amides is 1. The number of rotatable bonds is 5. The zero-order valence-electron chi connectivity index (χ0n) is 20.7. The maximum atomic E-state index is 11.8. The van der Waals surface area contributed by atoms with E-state index in [9.17, 15) is 10.1 Å². The van der Waals surface area contributed by atoms with E-state index in [4.69, 9.17) is 15.5 Å². The molecular formula is C28H37N7O2. The number of hydrogen-bond acceptors (Lipinski definition) is 7. The van der Waals surface area contributed by atoms with E-state index in [-0.39, 0.29) is 19.3 Å². The highest BCUT2D eigenvalue weighted by Gasteiger charge is 2.32. The maximum Gasteiger partial charge on any atom is 0.220 e. The van der Waals surface area contributed by atoms with Crippen LogP contribution < -0.4 is 10.6 Å². The van der Waals surface area contributed by atoms with Gasteiger partial charge >= 0.3 is 0 Å². The molecule has 9 heteroatoms. The number of pyridine rings is 1. The summed E-state index contributed by atoms with van der Waals surface area (Å²) in [5.41, 5.74) is 11.4. The predicted molar refractivity (Wildman–Crippen MR) is 145 cm³/mol. The number of hydrogen-bond donors (Lipinski definition) is 1. The molecule has 9 nitrogen and oxygen atoms in total. The van der Waals surface area contributed by atoms with Crippen molar-refractivity contribution in [3.63, 3.8) is 0 Å². The number of piperidine rings is 1. The third kappa shape index (κ3) is 4.65. The molecule has 0 radical (unpaired) electrons. The van der Waals surface area contributed by atoms with Gasteiger partial charge in [0.05, 0.1) is 29.8 Å². The van der Waals surface area contributed by atoms with Gasteiger partial charge in [0.2, 0.25) is 5.91 Å². The molecule has 0 spiro atoms. The first-order chi connectivity index (χ1) is 17.6. The molecule has 3 aliphatic rings. The highest BCUT2D eigenvalue weighted by molar-refractivity contribution is 5.86. The Morgan fingerprint density at radius 1 is 1.05 bits per heavy atom. The molecule has 0 saturated carbocycles. The van der Waals surface area contributed by atoms with E-state index in [0.29, 0.717) is 5.56 Å². The first-order valence-corrected chi connectivity index (χ1v) is 13.1. The van der Waals surface area contributed by atoms with Gasteiger partial charge in [-0.2, -0.15) is 5.26 Å². The standard InChI is InChI=1S/C27H33N7O2.CH4/c28-17-21-20-7-8-32(12-11-31-13-15-36-16-14-31)18-22(20)27(33-9-5-19(6-10-33)25(29)35)34-24-4-2-1-3-23(24)30-26(21)34;/h1-4,19H,5-16,18H2,(H2,29,35);1H4. The number of nitrogens with zero attached hydrogens (tertiary/aromatic N) is 6. The fourth-order valence-corrected chi connectivity index (χ4v) is 6.10. The lowest BCUT2D eigenvalue weighted by atomic mass is 9.93. The minimum absolute atomic E-state index is 0. The Balaban J connectivity index is 0.00000280. The van der Waals surface area contributed by atoms with E-state index in [1.807, 2.05) is 18.2 Å². The largest absolute Gasteiger partial charge is 0.379 e. The monoisotopic (exact) mass is 503 g/mol. The number of benzene rings is 1. The zero-order chi connectivity index (χ0) is 24.6. The van der Waals surface area contributed by atoms with Crippen LogP contribution in [0.2, 0.25) is 0 Å². The predicted octanol–water partition coefficient (Wildman–Crippen LogP) is 2.39. The number of carbonyl (C=O) groups excluding carboxylic acids is 1. The molecule has 2 fully saturated rings. The van der Waals surface area contributed by atoms with E-state index in [0.717, 1.165) is 113 Å². The van der Waals surface area contributed by atoms with Crippen LogP contribution in [0.25, 0.3) is 16.7 Å². The first-order valence-electron chi connectivity index (χ1n) is 13.1. The normalized spacial score (nSPS) is 19.5. The molecule has 2 saturated heterocycles. The summed E-state index contributed by atoms with van der Waals surface area (Å²) in [6, 6.07) is 10.6. The molecular weight excluding hydrogens is 466 g/mol. The second-order valence-corrected chi connectivity index (χ2v) is 10.2. The molecule has 2 aromatic heterocycles. The number of morpholine rings is 1. The number of para-hydroxylation sites is 2. The number of ether oxygens (including phenoxy) is 1. The number of nitrogens with two attached hydrogens (primary N) is 1. The molecule has 0 unspecified atom stereocenters. The van der Waals surface area contributed by atoms with E-state index in [1.165, 1.54) is 5.56 Å². The SMILES string of the molecule is C.N#Cc1c2c(c(N3CCC(C(N)=O)CC3)n3c1nc1ccccc13)CN(CCN1CCOCC1)CC2. The molecule has 2 N–H and O–H groups in total. The first kappa shape index (κ1) is 25.5. The average molecular weight is 504 g/mol. The summed E-state index contributed by atoms with van der Waals surface area (Å²) in [6.07, 6.45) is 2.34. The van der Waals surface area contributed by atoms with Gasteiger partial charge in [-0.15, -0.1) is 0 Å². The number of nitriles is 1. The molecule has 1 aromatic carbocycles. The lowest BCUT2D eigenvalue weighted by Crippen LogP contribution is -2.44. The van der Waals surface area contributed by atoms with Crippen LogP contribution in [0.4, 0.5) is 5.82 Å². The van der Waals surface area contributed by atoms with Gasteiger partial charge in [0.25, 0.3) is 0 Å². The summed E-state index contributed by atoms with van der Waals surface area (Å²) < 4.78 is 7.71. The third-order valence-corrected chi connectivity index (χ3v) is 8.14. The molecule has 3 aromatic rings. The molecule has 3 aliphatic heterocycles. The van der Waals surface area contributed by atoms with Gasteiger partial charge in [-0.3, -0.25) is 19.0 Å². The van der Waals surface area contributed by atoms with E-state index in [2.05, 4.69) is 31.2 Å². The van der Waals surface area contributed by atoms with Crippen LogP contribution in [0, 0.1) is 17.2 Å². The van der Waals surface area contributed by atoms with Crippen LogP contribution in [0.3, 0.4) is 0 Å². The smallest absolute Gasteiger partial charge is 0.220 e. The number of aromatic nitrogens is 2. The quantitative estimate of drug-likeness (QED) is 0.570. The number of carbonyl (C=O) groups is 1. The summed E-state index contributed by atoms with van der Waals surface area (Å²) in [4.78, 5) is 24.1. The van der Waals surface area contributed by atoms with Gasteiger partial charge in [0.1, 0.15) is 11.9 Å². The zero-order valence-corrected chi connectivity index (χ0v) is 20.7. The minimum atomic E-state index is -0.205. The Morgan fingerprint density at radius 3 is 2.51 bits per heavy atom. The Bertz CT molecular complexity index is 1330. The van der Waals surface area contributed by atoms with Gasteiger partial charge in [0.15, 0.2) is 5.65 Å². The molecule has 196 valence electrons. The van der Waals surface area contributed by atoms with Crippen LogP contribution in [0.1, 0.15) is 37.0 Å². The summed E-state index contributed by atoms with van der Waals surface area (Å²) in [5, 5.41) is 10.3. The van der Waals surface area contributed by atoms with Gasteiger partial charge in [-0.25, -0.2) is 4.98 Å². The van der Waals surface area contributed by atoms with Crippen molar-refractivity contribution < 1.29 is 9.53 Å². The van der Waals surface area contributed by atoms with Crippen LogP contribution in [0.5, 0.6) is 0 Å². The third-order valence-electron chi connectivity index (χ3n) is 8.14. The highest BCUT2D eigenvalue weighted by Crippen LogP contribution is 2.38. The van der Waals surface area contributed by atoms with Crippen molar-refractivity contribution in [2.24, 2.45) is 11.7 Å². The second kappa shape index (κ2) is 10.7. The van der Waals surface area contributed by atoms with Crippen molar-refractivity contribution in [2.45, 2.75) is 33.2 Å². The molecule has 5 heterocycles. The van der Waals surface area contributed by atoms with E-state index < -0.39 is 0 Å². The van der Waals surface area contributed by atoms with Crippen molar-refractivity contribution in [3.8, 4) is 6.07 Å². The van der Waals surface area contributed by atoms with Crippen molar-refractivity contribution in [1.82, 2.24) is 19.2 Å². The molecule has 0 bridgehead atoms. The fourth-order valence-electron chi connectivity index (χ4n) is 6.10. The molecule has 1 amide bonds. The van der Waals surface area contributed by atoms with Crippen LogP contribution >= 0.6 is 0 Å². The van der Waals surface area contributed by atoms with Gasteiger partial charge < -0.3 is 15.4 Å². The van der Waals surface area contributed by atoms with Crippen molar-refractivity contribution in [1.29, 1.82) is 5.26 Å². The lowest BCUT2D eigenvalue weighted by Gasteiger charge is -2.38. The number of imidazole rings is 1. The summed E-state index contributed by atoms with van der Waals surface area (Å²) in [7, 11) is 0. The molecule has 0 atom stereocenters. The fraction of sp³-hybridized carbons (Fsp3) is 0.536. The van der Waals surface area contributed by atoms with Gasteiger partial charge in [0, 0.05) is 63.8 Å². The van der Waals surface area contributed by atoms with E-state index >= 15 is 0 Å². The van der Waals surface area contributed by atoms with Crippen molar-refractivity contribution in [3.05, 3.63) is 41.0 Å². The van der Waals surface area contributed by atoms with Crippen LogP contribution in [0.15, 0.2) is 24.3 Å². The number of anilines is 1. The maximum absolute atomic E-state index is 11.8. The molecule has 0 aliphatic carbocycles. The highest BCUT2D eigenvalue weighted by atomic mass is 16.5. The van der Waals surface area contributed by atoms with Gasteiger partial charge in [-0.05, 0) is 37.0 Å². The topological polar surface area (TPSA) is 103 Å². The Labute approximate surface area is 218 Å². The minimum Gasteiger partial charge on any atom is -0.379 e. The number of amides is 1. The second-order valence-electron chi connectivity index (χ2n) is 10.2. The number of fused-ring (bicyclic) bond motifs is 4. The Morgan fingerprint density at radius 2 is 1.78 bits per heavy atom. The van der Waals surface area contributed by atoms with Crippen molar-refractivity contribution >= 4 is 28.4 Å². The Kier molecular flexibility index (Phi) is 7.33. The lowest BCUT2D eigenvalue weighted by molar-refractivity contribution is -0.122. The van der Waals surface area contributed by atoms with Crippen molar-refractivity contribution in [2.75, 3.05) is 63.9 Å².